The van der Waals surface area contributed by atoms with E-state index in [2.05, 4.69) is 58.3 Å². The molecule has 1 saturated heterocycles. The van der Waals surface area contributed by atoms with E-state index in [1.807, 2.05) is 0 Å². The van der Waals surface area contributed by atoms with Crippen molar-refractivity contribution in [3.8, 4) is 0 Å². The van der Waals surface area contributed by atoms with Gasteiger partial charge in [0.1, 0.15) is 0 Å². The Hall–Kier alpha value is -0.380. The van der Waals surface area contributed by atoms with Crippen molar-refractivity contribution < 1.29 is 0 Å². The summed E-state index contributed by atoms with van der Waals surface area (Å²) in [5.74, 6) is 0. The monoisotopic (exact) mass is 310 g/mol. The molecule has 1 aliphatic rings. The third kappa shape index (κ3) is 4.08. The predicted molar refractivity (Wildman–Crippen MR) is 80.9 cm³/mol. The van der Waals surface area contributed by atoms with Gasteiger partial charge in [-0.1, -0.05) is 34.5 Å². The zero-order valence-electron chi connectivity index (χ0n) is 11.4. The van der Waals surface area contributed by atoms with E-state index >= 15 is 0 Å². The lowest BCUT2D eigenvalue weighted by Crippen LogP contribution is -2.42. The Labute approximate surface area is 119 Å². The molecule has 0 aromatic heterocycles. The van der Waals surface area contributed by atoms with E-state index in [0.717, 1.165) is 13.1 Å². The molecule has 0 radical (unpaired) electrons. The van der Waals surface area contributed by atoms with Crippen LogP contribution in [0.15, 0.2) is 22.7 Å². The number of hydrogen-bond donors (Lipinski definition) is 1. The highest BCUT2D eigenvalue weighted by molar-refractivity contribution is 9.10. The molecule has 100 valence electrons. The third-order valence-electron chi connectivity index (χ3n) is 3.62. The van der Waals surface area contributed by atoms with Crippen LogP contribution in [0.2, 0.25) is 0 Å². The van der Waals surface area contributed by atoms with Crippen LogP contribution in [0.5, 0.6) is 0 Å². The van der Waals surface area contributed by atoms with Crippen LogP contribution in [0.25, 0.3) is 0 Å². The molecule has 1 atom stereocenters. The van der Waals surface area contributed by atoms with E-state index in [4.69, 9.17) is 0 Å². The van der Waals surface area contributed by atoms with Crippen molar-refractivity contribution in [1.82, 2.24) is 10.2 Å². The van der Waals surface area contributed by atoms with E-state index in [1.54, 1.807) is 0 Å². The van der Waals surface area contributed by atoms with Gasteiger partial charge in [0.15, 0.2) is 0 Å². The van der Waals surface area contributed by atoms with Crippen LogP contribution < -0.4 is 5.32 Å². The molecule has 1 aromatic carbocycles. The number of piperidine rings is 1. The molecule has 0 aliphatic carbocycles. The van der Waals surface area contributed by atoms with E-state index < -0.39 is 0 Å². The van der Waals surface area contributed by atoms with Gasteiger partial charge in [0.2, 0.25) is 0 Å². The summed E-state index contributed by atoms with van der Waals surface area (Å²) in [6.07, 6.45) is 4.04. The highest BCUT2D eigenvalue weighted by Crippen LogP contribution is 2.18. The molecular formula is C15H23BrN2. The Kier molecular flexibility index (Phi) is 5.22. The van der Waals surface area contributed by atoms with Crippen molar-refractivity contribution in [3.63, 3.8) is 0 Å². The van der Waals surface area contributed by atoms with Gasteiger partial charge in [0.25, 0.3) is 0 Å². The average molecular weight is 311 g/mol. The summed E-state index contributed by atoms with van der Waals surface area (Å²) in [5.41, 5.74) is 2.71. The first-order chi connectivity index (χ1) is 8.65. The van der Waals surface area contributed by atoms with Gasteiger partial charge < -0.3 is 10.2 Å². The maximum atomic E-state index is 3.61. The molecule has 3 heteroatoms. The summed E-state index contributed by atoms with van der Waals surface area (Å²) in [7, 11) is 2.22. The van der Waals surface area contributed by atoms with Crippen LogP contribution in [0, 0.1) is 6.92 Å². The highest BCUT2D eigenvalue weighted by atomic mass is 79.9. The van der Waals surface area contributed by atoms with E-state index in [0.29, 0.717) is 6.04 Å². The normalized spacial score (nSPS) is 20.3. The van der Waals surface area contributed by atoms with Gasteiger partial charge in [-0.2, -0.15) is 0 Å². The summed E-state index contributed by atoms with van der Waals surface area (Å²) in [6.45, 7) is 5.52. The quantitative estimate of drug-likeness (QED) is 0.917. The molecule has 1 aromatic rings. The zero-order valence-corrected chi connectivity index (χ0v) is 13.0. The fourth-order valence-corrected chi connectivity index (χ4v) is 2.88. The summed E-state index contributed by atoms with van der Waals surface area (Å²) < 4.78 is 1.20. The van der Waals surface area contributed by atoms with E-state index in [1.165, 1.54) is 41.4 Å². The Balaban J connectivity index is 1.85. The minimum Gasteiger partial charge on any atom is -0.313 e. The molecule has 1 N–H and O–H groups in total. The van der Waals surface area contributed by atoms with Crippen LogP contribution in [0.4, 0.5) is 0 Å². The molecule has 1 aliphatic heterocycles. The van der Waals surface area contributed by atoms with Gasteiger partial charge in [-0.3, -0.25) is 0 Å². The fraction of sp³-hybridized carbons (Fsp3) is 0.600. The molecule has 1 fully saturated rings. The number of hydrogen-bond acceptors (Lipinski definition) is 2. The zero-order chi connectivity index (χ0) is 13.0. The molecule has 2 nitrogen and oxygen atoms in total. The number of rotatable bonds is 4. The highest BCUT2D eigenvalue weighted by Gasteiger charge is 2.14. The van der Waals surface area contributed by atoms with Crippen LogP contribution in [-0.4, -0.2) is 31.1 Å². The first kappa shape index (κ1) is 14.0. The van der Waals surface area contributed by atoms with Crippen LogP contribution in [0.3, 0.4) is 0 Å². The lowest BCUT2D eigenvalue weighted by atomic mass is 10.0. The molecule has 0 bridgehead atoms. The molecule has 0 saturated carbocycles. The minimum absolute atomic E-state index is 0.681. The lowest BCUT2D eigenvalue weighted by molar-refractivity contribution is 0.256. The van der Waals surface area contributed by atoms with Crippen molar-refractivity contribution >= 4 is 15.9 Å². The molecule has 1 heterocycles. The second-order valence-electron chi connectivity index (χ2n) is 5.43. The summed E-state index contributed by atoms with van der Waals surface area (Å²) in [6, 6.07) is 7.31. The molecule has 18 heavy (non-hydrogen) atoms. The van der Waals surface area contributed by atoms with Gasteiger partial charge >= 0.3 is 0 Å². The topological polar surface area (TPSA) is 15.3 Å². The predicted octanol–water partition coefficient (Wildman–Crippen LogP) is 3.33. The van der Waals surface area contributed by atoms with Gasteiger partial charge in [-0.25, -0.2) is 0 Å². The Bertz CT molecular complexity index is 386. The largest absolute Gasteiger partial charge is 0.313 e. The summed E-state index contributed by atoms with van der Waals surface area (Å²) >= 11 is 3.55. The number of nitrogens with zero attached hydrogens (tertiary/aromatic N) is 1. The molecule has 1 unspecified atom stereocenters. The van der Waals surface area contributed by atoms with Gasteiger partial charge in [-0.15, -0.1) is 0 Å². The number of halogens is 1. The Morgan fingerprint density at radius 3 is 2.89 bits per heavy atom. The lowest BCUT2D eigenvalue weighted by Gasteiger charge is -2.28. The van der Waals surface area contributed by atoms with E-state index in [9.17, 15) is 0 Å². The average Bonchev–Trinajstić information content (AvgIpc) is 2.35. The fourth-order valence-electron chi connectivity index (χ4n) is 2.64. The van der Waals surface area contributed by atoms with Crippen LogP contribution in [-0.2, 0) is 6.54 Å². The van der Waals surface area contributed by atoms with Crippen molar-refractivity contribution in [2.45, 2.75) is 38.8 Å². The number of nitrogens with one attached hydrogen (secondary N) is 1. The van der Waals surface area contributed by atoms with Crippen LogP contribution >= 0.6 is 15.9 Å². The Morgan fingerprint density at radius 1 is 1.39 bits per heavy atom. The van der Waals surface area contributed by atoms with Crippen molar-refractivity contribution in [2.75, 3.05) is 20.1 Å². The molecule has 0 spiro atoms. The number of aryl methyl sites for hydroxylation is 1. The second-order valence-corrected chi connectivity index (χ2v) is 6.28. The van der Waals surface area contributed by atoms with Gasteiger partial charge in [0, 0.05) is 23.6 Å². The minimum atomic E-state index is 0.681. The summed E-state index contributed by atoms with van der Waals surface area (Å²) in [5, 5.41) is 3.61. The number of benzene rings is 1. The van der Waals surface area contributed by atoms with Gasteiger partial charge in [-0.05, 0) is 50.6 Å². The maximum absolute atomic E-state index is 3.61. The van der Waals surface area contributed by atoms with E-state index in [-0.39, 0.29) is 0 Å². The summed E-state index contributed by atoms with van der Waals surface area (Å²) in [4.78, 5) is 2.42. The SMILES string of the molecule is Cc1cc(CN(C)CC2CCCCN2)ccc1Br. The molecular weight excluding hydrogens is 288 g/mol. The second kappa shape index (κ2) is 6.69. The third-order valence-corrected chi connectivity index (χ3v) is 4.51. The number of likely N-dealkylation sites (N-methyl/N-ethyl adjacent to an activating group) is 1. The Morgan fingerprint density at radius 2 is 2.22 bits per heavy atom. The van der Waals surface area contributed by atoms with Crippen molar-refractivity contribution in [2.24, 2.45) is 0 Å². The first-order valence-corrected chi connectivity index (χ1v) is 7.61. The first-order valence-electron chi connectivity index (χ1n) is 6.82. The van der Waals surface area contributed by atoms with Crippen LogP contribution in [0.1, 0.15) is 30.4 Å². The smallest absolute Gasteiger partial charge is 0.0231 e. The maximum Gasteiger partial charge on any atom is 0.0231 e. The van der Waals surface area contributed by atoms with Gasteiger partial charge in [0.05, 0.1) is 0 Å². The molecule has 2 rings (SSSR count). The van der Waals surface area contributed by atoms with Crippen molar-refractivity contribution in [3.05, 3.63) is 33.8 Å². The molecule has 0 amide bonds. The standard InChI is InChI=1S/C15H23BrN2/c1-12-9-13(6-7-15(12)16)10-18(2)11-14-5-3-4-8-17-14/h6-7,9,14,17H,3-5,8,10-11H2,1-2H3. The van der Waals surface area contributed by atoms with Crippen molar-refractivity contribution in [1.29, 1.82) is 0 Å².